The number of hydrogen-bond donors (Lipinski definition) is 0. The second kappa shape index (κ2) is 4.35. The minimum Gasteiger partial charge on any atom is -0.229 e. The fourth-order valence-corrected chi connectivity index (χ4v) is 3.77. The quantitative estimate of drug-likeness (QED) is 0.859. The van der Waals surface area contributed by atoms with Gasteiger partial charge in [-0.2, -0.15) is 0 Å². The van der Waals surface area contributed by atoms with Gasteiger partial charge in [-0.3, -0.25) is 0 Å². The summed E-state index contributed by atoms with van der Waals surface area (Å²) in [6, 6.07) is 5.54. The van der Waals surface area contributed by atoms with Crippen molar-refractivity contribution in [3.05, 3.63) is 34.2 Å². The van der Waals surface area contributed by atoms with E-state index < -0.39 is 9.84 Å². The van der Waals surface area contributed by atoms with Crippen molar-refractivity contribution in [1.29, 1.82) is 0 Å². The van der Waals surface area contributed by atoms with E-state index in [2.05, 4.69) is 0 Å². The molecule has 16 heavy (non-hydrogen) atoms. The summed E-state index contributed by atoms with van der Waals surface area (Å²) in [4.78, 5) is 0. The van der Waals surface area contributed by atoms with Gasteiger partial charge in [0.2, 0.25) is 0 Å². The summed E-state index contributed by atoms with van der Waals surface area (Å²) in [5.41, 5.74) is 0.874. The van der Waals surface area contributed by atoms with Gasteiger partial charge in [0.15, 0.2) is 9.84 Å². The van der Waals surface area contributed by atoms with Crippen molar-refractivity contribution >= 4 is 42.9 Å². The molecule has 0 saturated heterocycles. The third-order valence-corrected chi connectivity index (χ3v) is 5.29. The van der Waals surface area contributed by atoms with Crippen LogP contribution >= 0.6 is 22.9 Å². The Labute approximate surface area is 104 Å². The molecule has 1 aromatic carbocycles. The summed E-state index contributed by atoms with van der Waals surface area (Å²) in [5, 5.41) is 3.57. The van der Waals surface area contributed by atoms with E-state index in [1.54, 1.807) is 13.0 Å². The van der Waals surface area contributed by atoms with E-state index >= 15 is 0 Å². The maximum atomic E-state index is 11.6. The third kappa shape index (κ3) is 2.39. The molecule has 0 fully saturated rings. The molecule has 2 nitrogen and oxygen atoms in total. The molecule has 0 unspecified atom stereocenters. The van der Waals surface area contributed by atoms with E-state index in [1.165, 1.54) is 11.3 Å². The Kier molecular flexibility index (Phi) is 3.24. The molecule has 0 N–H and O–H groups in total. The predicted molar refractivity (Wildman–Crippen MR) is 70.0 cm³/mol. The zero-order valence-corrected chi connectivity index (χ0v) is 11.1. The summed E-state index contributed by atoms with van der Waals surface area (Å²) in [5.74, 6) is 0.295. The van der Waals surface area contributed by atoms with E-state index in [1.807, 2.05) is 17.5 Å². The molecule has 0 aliphatic rings. The molecule has 0 amide bonds. The minimum atomic E-state index is -2.97. The molecule has 2 aromatic rings. The van der Waals surface area contributed by atoms with Gasteiger partial charge in [0.25, 0.3) is 0 Å². The lowest BCUT2D eigenvalue weighted by molar-refractivity contribution is 0.596. The summed E-state index contributed by atoms with van der Waals surface area (Å²) in [7, 11) is -2.97. The highest BCUT2D eigenvalue weighted by Crippen LogP contribution is 2.29. The Morgan fingerprint density at radius 1 is 1.38 bits per heavy atom. The predicted octanol–water partition coefficient (Wildman–Crippen LogP) is 3.49. The van der Waals surface area contributed by atoms with Gasteiger partial charge in [0, 0.05) is 15.5 Å². The van der Waals surface area contributed by atoms with Gasteiger partial charge in [-0.25, -0.2) is 8.42 Å². The summed E-state index contributed by atoms with van der Waals surface area (Å²) in [6.45, 7) is 1.67. The van der Waals surface area contributed by atoms with Crippen LogP contribution in [0, 0.1) is 0 Å². The topological polar surface area (TPSA) is 34.1 Å². The average Bonchev–Trinajstić information content (AvgIpc) is 2.60. The van der Waals surface area contributed by atoms with Gasteiger partial charge in [-0.05, 0) is 28.5 Å². The van der Waals surface area contributed by atoms with Gasteiger partial charge >= 0.3 is 0 Å². The fraction of sp³-hybridized carbons (Fsp3) is 0.273. The smallest absolute Gasteiger partial charge is 0.154 e. The number of benzene rings is 1. The van der Waals surface area contributed by atoms with Crippen molar-refractivity contribution in [2.75, 3.05) is 5.75 Å². The van der Waals surface area contributed by atoms with Crippen molar-refractivity contribution in [2.45, 2.75) is 12.7 Å². The highest BCUT2D eigenvalue weighted by Gasteiger charge is 2.12. The zero-order chi connectivity index (χ0) is 11.8. The number of hydrogen-bond acceptors (Lipinski definition) is 3. The van der Waals surface area contributed by atoms with E-state index in [4.69, 9.17) is 11.6 Å². The molecular formula is C11H11ClO2S2. The Morgan fingerprint density at radius 2 is 2.12 bits per heavy atom. The SMILES string of the molecule is CCS(=O)(=O)Cc1csc2cc(Cl)ccc12. The highest BCUT2D eigenvalue weighted by atomic mass is 35.5. The standard InChI is InChI=1S/C11H11ClO2S2/c1-2-16(13,14)7-8-6-15-11-5-9(12)3-4-10(8)11/h3-6H,2,7H2,1H3. The molecule has 0 aliphatic heterocycles. The lowest BCUT2D eigenvalue weighted by Gasteiger charge is -2.00. The van der Waals surface area contributed by atoms with Gasteiger partial charge < -0.3 is 0 Å². The highest BCUT2D eigenvalue weighted by molar-refractivity contribution is 7.90. The Bertz CT molecular complexity index is 614. The van der Waals surface area contributed by atoms with E-state index in [0.29, 0.717) is 5.02 Å². The van der Waals surface area contributed by atoms with Gasteiger partial charge in [0.05, 0.1) is 5.75 Å². The molecule has 1 heterocycles. The molecule has 5 heteroatoms. The van der Waals surface area contributed by atoms with Crippen LogP contribution in [0.2, 0.25) is 5.02 Å². The van der Waals surface area contributed by atoms with Crippen LogP contribution in [0.25, 0.3) is 10.1 Å². The van der Waals surface area contributed by atoms with Crippen molar-refractivity contribution in [1.82, 2.24) is 0 Å². The Morgan fingerprint density at radius 3 is 2.81 bits per heavy atom. The molecule has 1 aromatic heterocycles. The summed E-state index contributed by atoms with van der Waals surface area (Å²) in [6.07, 6.45) is 0. The van der Waals surface area contributed by atoms with Crippen LogP contribution in [0.1, 0.15) is 12.5 Å². The van der Waals surface area contributed by atoms with E-state index in [-0.39, 0.29) is 11.5 Å². The van der Waals surface area contributed by atoms with E-state index in [0.717, 1.165) is 15.6 Å². The van der Waals surface area contributed by atoms with Gasteiger partial charge in [0.1, 0.15) is 0 Å². The number of sulfone groups is 1. The molecule has 0 aliphatic carbocycles. The first-order valence-corrected chi connectivity index (χ1v) is 7.96. The third-order valence-electron chi connectivity index (χ3n) is 2.43. The summed E-state index contributed by atoms with van der Waals surface area (Å²) >= 11 is 7.41. The van der Waals surface area contributed by atoms with Gasteiger partial charge in [-0.15, -0.1) is 11.3 Å². The van der Waals surface area contributed by atoms with Crippen molar-refractivity contribution in [3.8, 4) is 0 Å². The van der Waals surface area contributed by atoms with Crippen LogP contribution in [0.15, 0.2) is 23.6 Å². The first-order chi connectivity index (χ1) is 7.52. The van der Waals surface area contributed by atoms with Gasteiger partial charge in [-0.1, -0.05) is 24.6 Å². The lowest BCUT2D eigenvalue weighted by atomic mass is 10.2. The number of fused-ring (bicyclic) bond motifs is 1. The molecule has 0 saturated carbocycles. The van der Waals surface area contributed by atoms with E-state index in [9.17, 15) is 8.42 Å². The summed E-state index contributed by atoms with van der Waals surface area (Å²) < 4.78 is 24.1. The van der Waals surface area contributed by atoms with Crippen LogP contribution in [0.5, 0.6) is 0 Å². The second-order valence-electron chi connectivity index (χ2n) is 3.58. The molecule has 86 valence electrons. The van der Waals surface area contributed by atoms with Crippen LogP contribution in [0.4, 0.5) is 0 Å². The first kappa shape index (κ1) is 11.9. The molecule has 2 rings (SSSR count). The normalized spacial score (nSPS) is 12.1. The van der Waals surface area contributed by atoms with Crippen LogP contribution in [0.3, 0.4) is 0 Å². The zero-order valence-electron chi connectivity index (χ0n) is 8.73. The molecule has 0 atom stereocenters. The second-order valence-corrected chi connectivity index (χ2v) is 7.28. The first-order valence-electron chi connectivity index (χ1n) is 4.88. The maximum absolute atomic E-state index is 11.6. The number of rotatable bonds is 3. The molecule has 0 bridgehead atoms. The maximum Gasteiger partial charge on any atom is 0.154 e. The minimum absolute atomic E-state index is 0.116. The lowest BCUT2D eigenvalue weighted by Crippen LogP contribution is -2.05. The number of halogens is 1. The largest absolute Gasteiger partial charge is 0.229 e. The fourth-order valence-electron chi connectivity index (χ4n) is 1.51. The van der Waals surface area contributed by atoms with Crippen molar-refractivity contribution < 1.29 is 8.42 Å². The Hall–Kier alpha value is -0.580. The molecule has 0 radical (unpaired) electrons. The van der Waals surface area contributed by atoms with Crippen molar-refractivity contribution in [2.24, 2.45) is 0 Å². The monoisotopic (exact) mass is 274 g/mol. The average molecular weight is 275 g/mol. The van der Waals surface area contributed by atoms with Crippen molar-refractivity contribution in [3.63, 3.8) is 0 Å². The molecule has 0 spiro atoms. The Balaban J connectivity index is 2.47. The number of thiophene rings is 1. The van der Waals surface area contributed by atoms with Crippen LogP contribution in [-0.4, -0.2) is 14.2 Å². The molecular weight excluding hydrogens is 264 g/mol. The van der Waals surface area contributed by atoms with Crippen LogP contribution in [-0.2, 0) is 15.6 Å². The van der Waals surface area contributed by atoms with Crippen LogP contribution < -0.4 is 0 Å².